The van der Waals surface area contributed by atoms with E-state index in [-0.39, 0.29) is 0 Å². The number of ether oxygens (including phenoxy) is 4. The summed E-state index contributed by atoms with van der Waals surface area (Å²) in [6, 6.07) is 6.69. The molecule has 0 spiro atoms. The highest BCUT2D eigenvalue weighted by molar-refractivity contribution is 6.12. The van der Waals surface area contributed by atoms with Crippen LogP contribution in [0.25, 0.3) is 0 Å². The molecule has 2 aliphatic rings. The fourth-order valence-corrected chi connectivity index (χ4v) is 4.35. The van der Waals surface area contributed by atoms with Gasteiger partial charge in [-0.2, -0.15) is 0 Å². The van der Waals surface area contributed by atoms with E-state index < -0.39 is 40.9 Å². The molecular formula is C19H22O7. The summed E-state index contributed by atoms with van der Waals surface area (Å²) in [5.41, 5.74) is -2.91. The predicted molar refractivity (Wildman–Crippen MR) is 89.5 cm³/mol. The summed E-state index contributed by atoms with van der Waals surface area (Å²) in [6.07, 6.45) is -0.475. The maximum absolute atomic E-state index is 13.3. The van der Waals surface area contributed by atoms with E-state index in [0.717, 1.165) is 0 Å². The zero-order chi connectivity index (χ0) is 19.1. The maximum atomic E-state index is 13.3. The van der Waals surface area contributed by atoms with E-state index in [1.54, 1.807) is 38.1 Å². The Morgan fingerprint density at radius 1 is 1.08 bits per heavy atom. The number of Topliss-reactive ketones (excluding diaryl/α,β-unsaturated/α-hetero) is 1. The molecule has 0 aromatic heterocycles. The lowest BCUT2D eigenvalue weighted by Gasteiger charge is -2.40. The summed E-state index contributed by atoms with van der Waals surface area (Å²) < 4.78 is 21.9. The van der Waals surface area contributed by atoms with Crippen LogP contribution in [0.1, 0.15) is 37.0 Å². The van der Waals surface area contributed by atoms with Crippen LogP contribution in [0.3, 0.4) is 0 Å². The number of fused-ring (bicyclic) bond motifs is 2. The van der Waals surface area contributed by atoms with Crippen molar-refractivity contribution in [3.63, 3.8) is 0 Å². The lowest BCUT2D eigenvalue weighted by Crippen LogP contribution is -2.60. The van der Waals surface area contributed by atoms with E-state index in [9.17, 15) is 14.4 Å². The van der Waals surface area contributed by atoms with Crippen molar-refractivity contribution >= 4 is 17.7 Å². The molecule has 7 nitrogen and oxygen atoms in total. The Morgan fingerprint density at radius 3 is 2.19 bits per heavy atom. The van der Waals surface area contributed by atoms with Crippen molar-refractivity contribution in [3.8, 4) is 5.75 Å². The lowest BCUT2D eigenvalue weighted by molar-refractivity contribution is -0.190. The van der Waals surface area contributed by atoms with E-state index in [1.165, 1.54) is 14.2 Å². The van der Waals surface area contributed by atoms with Gasteiger partial charge in [-0.3, -0.25) is 14.4 Å². The quantitative estimate of drug-likeness (QED) is 0.599. The van der Waals surface area contributed by atoms with Crippen LogP contribution in [0.5, 0.6) is 5.75 Å². The van der Waals surface area contributed by atoms with Crippen LogP contribution in [0, 0.1) is 11.3 Å². The Kier molecular flexibility index (Phi) is 4.52. The number of esters is 2. The van der Waals surface area contributed by atoms with Crippen LogP contribution in [0.4, 0.5) is 0 Å². The highest BCUT2D eigenvalue weighted by Gasteiger charge is 2.77. The largest absolute Gasteiger partial charge is 0.468 e. The molecule has 0 N–H and O–H groups in total. The highest BCUT2D eigenvalue weighted by Crippen LogP contribution is 2.58. The molecule has 0 unspecified atom stereocenters. The molecule has 2 atom stereocenters. The Labute approximate surface area is 151 Å². The number of hydrogen-bond donors (Lipinski definition) is 0. The molecule has 1 fully saturated rings. The van der Waals surface area contributed by atoms with Crippen LogP contribution >= 0.6 is 0 Å². The highest BCUT2D eigenvalue weighted by atomic mass is 16.7. The molecule has 26 heavy (non-hydrogen) atoms. The van der Waals surface area contributed by atoms with Crippen LogP contribution < -0.4 is 4.74 Å². The molecule has 0 radical (unpaired) electrons. The molecular weight excluding hydrogens is 340 g/mol. The predicted octanol–water partition coefficient (Wildman–Crippen LogP) is 2.13. The van der Waals surface area contributed by atoms with Crippen LogP contribution in [-0.2, 0) is 23.8 Å². The first-order valence-corrected chi connectivity index (χ1v) is 8.58. The molecule has 2 aliphatic heterocycles. The number of para-hydroxylation sites is 1. The summed E-state index contributed by atoms with van der Waals surface area (Å²) in [5.74, 6) is -2.91. The molecule has 1 aromatic rings. The van der Waals surface area contributed by atoms with E-state index in [1.807, 2.05) is 0 Å². The minimum atomic E-state index is -1.94. The van der Waals surface area contributed by atoms with Gasteiger partial charge >= 0.3 is 11.9 Å². The molecule has 0 aliphatic carbocycles. The van der Waals surface area contributed by atoms with Crippen LogP contribution in [-0.4, -0.2) is 43.8 Å². The van der Waals surface area contributed by atoms with Crippen molar-refractivity contribution in [3.05, 3.63) is 29.8 Å². The van der Waals surface area contributed by atoms with Gasteiger partial charge in [0, 0.05) is 0 Å². The van der Waals surface area contributed by atoms with Gasteiger partial charge < -0.3 is 18.9 Å². The first-order valence-electron chi connectivity index (χ1n) is 8.58. The SMILES string of the molecule is CCC1(CC)O[C@@H]2Oc3ccccc3C(=O)[C@H]2C1(C(=O)OC)C(=O)OC. The average Bonchev–Trinajstić information content (AvgIpc) is 2.98. The minimum absolute atomic E-state index is 0.299. The van der Waals surface area contributed by atoms with E-state index in [0.29, 0.717) is 24.2 Å². The molecule has 0 saturated carbocycles. The Bertz CT molecular complexity index is 734. The average molecular weight is 362 g/mol. The van der Waals surface area contributed by atoms with E-state index in [2.05, 4.69) is 0 Å². The van der Waals surface area contributed by atoms with Gasteiger partial charge in [-0.05, 0) is 25.0 Å². The standard InChI is InChI=1S/C19H22O7/c1-5-18(6-2)19(16(21)23-3,17(22)24-4)13-14(20)11-9-7-8-10-12(11)25-15(13)26-18/h7-10,13,15H,5-6H2,1-4H3/t13-,15+/m1/s1. The smallest absolute Gasteiger partial charge is 0.327 e. The topological polar surface area (TPSA) is 88.1 Å². The second-order valence-electron chi connectivity index (χ2n) is 6.43. The third kappa shape index (κ3) is 2.06. The Hall–Kier alpha value is -2.41. The normalized spacial score (nSPS) is 24.8. The van der Waals surface area contributed by atoms with Crippen molar-refractivity contribution in [1.82, 2.24) is 0 Å². The summed E-state index contributed by atoms with van der Waals surface area (Å²) in [7, 11) is 2.36. The molecule has 140 valence electrons. The number of methoxy groups -OCH3 is 2. The van der Waals surface area contributed by atoms with E-state index in [4.69, 9.17) is 18.9 Å². The molecule has 2 heterocycles. The minimum Gasteiger partial charge on any atom is -0.468 e. The van der Waals surface area contributed by atoms with Gasteiger partial charge in [-0.25, -0.2) is 0 Å². The number of carbonyl (C=O) groups is 3. The summed E-state index contributed by atoms with van der Waals surface area (Å²) in [5, 5.41) is 0. The number of hydrogen-bond acceptors (Lipinski definition) is 7. The number of rotatable bonds is 4. The number of benzene rings is 1. The molecule has 7 heteroatoms. The van der Waals surface area contributed by atoms with Gasteiger partial charge in [-0.15, -0.1) is 0 Å². The summed E-state index contributed by atoms with van der Waals surface area (Å²) in [4.78, 5) is 39.2. The fraction of sp³-hybridized carbons (Fsp3) is 0.526. The van der Waals surface area contributed by atoms with Crippen molar-refractivity contribution in [2.45, 2.75) is 38.6 Å². The molecule has 1 aromatic carbocycles. The monoisotopic (exact) mass is 362 g/mol. The van der Waals surface area contributed by atoms with Crippen LogP contribution in [0.2, 0.25) is 0 Å². The van der Waals surface area contributed by atoms with Gasteiger partial charge in [0.2, 0.25) is 11.7 Å². The van der Waals surface area contributed by atoms with Gasteiger partial charge in [0.25, 0.3) is 0 Å². The van der Waals surface area contributed by atoms with Crippen molar-refractivity contribution in [2.24, 2.45) is 11.3 Å². The lowest BCUT2D eigenvalue weighted by atomic mass is 9.61. The molecule has 3 rings (SSSR count). The third-order valence-electron chi connectivity index (χ3n) is 5.63. The van der Waals surface area contributed by atoms with Gasteiger partial charge in [0.05, 0.1) is 25.4 Å². The summed E-state index contributed by atoms with van der Waals surface area (Å²) >= 11 is 0. The molecule has 0 amide bonds. The van der Waals surface area contributed by atoms with Crippen molar-refractivity contribution in [1.29, 1.82) is 0 Å². The van der Waals surface area contributed by atoms with Crippen molar-refractivity contribution < 1.29 is 33.3 Å². The number of carbonyl (C=O) groups excluding carboxylic acids is 3. The van der Waals surface area contributed by atoms with Crippen LogP contribution in [0.15, 0.2) is 24.3 Å². The second kappa shape index (κ2) is 6.39. The molecule has 0 bridgehead atoms. The van der Waals surface area contributed by atoms with Gasteiger partial charge in [0.15, 0.2) is 5.78 Å². The zero-order valence-electron chi connectivity index (χ0n) is 15.2. The van der Waals surface area contributed by atoms with E-state index >= 15 is 0 Å². The fourth-order valence-electron chi connectivity index (χ4n) is 4.35. The Morgan fingerprint density at radius 2 is 1.65 bits per heavy atom. The Balaban J connectivity index is 2.29. The van der Waals surface area contributed by atoms with Gasteiger partial charge in [0.1, 0.15) is 11.7 Å². The molecule has 1 saturated heterocycles. The maximum Gasteiger partial charge on any atom is 0.327 e. The summed E-state index contributed by atoms with van der Waals surface area (Å²) in [6.45, 7) is 3.58. The van der Waals surface area contributed by atoms with Crippen molar-refractivity contribution in [2.75, 3.05) is 14.2 Å². The van der Waals surface area contributed by atoms with Gasteiger partial charge in [-0.1, -0.05) is 26.0 Å². The third-order valence-corrected chi connectivity index (χ3v) is 5.63. The number of ketones is 1. The zero-order valence-corrected chi connectivity index (χ0v) is 15.2. The first kappa shape index (κ1) is 18.4. The second-order valence-corrected chi connectivity index (χ2v) is 6.43. The first-order chi connectivity index (χ1) is 12.4.